The summed E-state index contributed by atoms with van der Waals surface area (Å²) in [4.78, 5) is 19.0. The van der Waals surface area contributed by atoms with Gasteiger partial charge in [0.2, 0.25) is 0 Å². The van der Waals surface area contributed by atoms with Gasteiger partial charge in [0.25, 0.3) is 5.91 Å². The zero-order valence-corrected chi connectivity index (χ0v) is 12.6. The van der Waals surface area contributed by atoms with Gasteiger partial charge in [-0.3, -0.25) is 4.79 Å². The van der Waals surface area contributed by atoms with Crippen LogP contribution in [0.25, 0.3) is 0 Å². The molecule has 1 saturated heterocycles. The number of aromatic nitrogens is 1. The first-order valence-electron chi connectivity index (χ1n) is 8.01. The van der Waals surface area contributed by atoms with E-state index in [1.165, 1.54) is 6.42 Å². The number of fused-ring (bicyclic) bond motifs is 3. The van der Waals surface area contributed by atoms with Crippen LogP contribution in [0.1, 0.15) is 41.6 Å². The van der Waals surface area contributed by atoms with Crippen LogP contribution in [0.3, 0.4) is 0 Å². The largest absolute Gasteiger partial charge is 0.383 e. The van der Waals surface area contributed by atoms with E-state index < -0.39 is 0 Å². The Labute approximate surface area is 129 Å². The van der Waals surface area contributed by atoms with Crippen LogP contribution in [-0.4, -0.2) is 35.0 Å². The lowest BCUT2D eigenvalue weighted by atomic mass is 9.94. The van der Waals surface area contributed by atoms with Crippen molar-refractivity contribution in [3.63, 3.8) is 0 Å². The van der Waals surface area contributed by atoms with E-state index in [1.54, 1.807) is 0 Å². The normalized spacial score (nSPS) is 24.0. The van der Waals surface area contributed by atoms with Crippen LogP contribution >= 0.6 is 0 Å². The van der Waals surface area contributed by atoms with Gasteiger partial charge in [-0.25, -0.2) is 4.98 Å². The Bertz CT molecular complexity index is 611. The van der Waals surface area contributed by atoms with E-state index in [0.717, 1.165) is 48.3 Å². The average Bonchev–Trinajstić information content (AvgIpc) is 3.05. The SMILES string of the molecule is Nc1nc2c(c3c1COC3)CC(C(=O)N1CCCCC1)OC2. The van der Waals surface area contributed by atoms with Crippen molar-refractivity contribution in [2.45, 2.75) is 51.6 Å². The van der Waals surface area contributed by atoms with E-state index in [4.69, 9.17) is 15.2 Å². The zero-order chi connectivity index (χ0) is 15.1. The molecule has 22 heavy (non-hydrogen) atoms. The number of likely N-dealkylation sites (tertiary alicyclic amines) is 1. The molecule has 118 valence electrons. The molecule has 6 heteroatoms. The molecule has 0 aromatic carbocycles. The second-order valence-corrected chi connectivity index (χ2v) is 6.26. The van der Waals surface area contributed by atoms with Crippen molar-refractivity contribution in [3.8, 4) is 0 Å². The molecule has 1 atom stereocenters. The number of carbonyl (C=O) groups is 1. The third-order valence-electron chi connectivity index (χ3n) is 4.89. The summed E-state index contributed by atoms with van der Waals surface area (Å²) >= 11 is 0. The topological polar surface area (TPSA) is 77.7 Å². The maximum atomic E-state index is 12.7. The number of ether oxygens (including phenoxy) is 2. The Morgan fingerprint density at radius 3 is 2.68 bits per heavy atom. The molecule has 0 bridgehead atoms. The Morgan fingerprint density at radius 2 is 1.86 bits per heavy atom. The highest BCUT2D eigenvalue weighted by Crippen LogP contribution is 2.33. The molecule has 6 nitrogen and oxygen atoms in total. The molecular formula is C16H21N3O3. The number of pyridine rings is 1. The van der Waals surface area contributed by atoms with E-state index >= 15 is 0 Å². The Hall–Kier alpha value is -1.66. The molecule has 0 radical (unpaired) electrons. The fourth-order valence-electron chi connectivity index (χ4n) is 3.64. The molecule has 1 aromatic rings. The van der Waals surface area contributed by atoms with Crippen LogP contribution in [0.4, 0.5) is 5.82 Å². The lowest BCUT2D eigenvalue weighted by molar-refractivity contribution is -0.146. The number of anilines is 1. The number of amides is 1. The van der Waals surface area contributed by atoms with Crippen LogP contribution in [0, 0.1) is 0 Å². The van der Waals surface area contributed by atoms with Crippen molar-refractivity contribution in [2.24, 2.45) is 0 Å². The minimum atomic E-state index is -0.388. The minimum absolute atomic E-state index is 0.120. The number of hydrogen-bond donors (Lipinski definition) is 1. The van der Waals surface area contributed by atoms with Gasteiger partial charge >= 0.3 is 0 Å². The van der Waals surface area contributed by atoms with Gasteiger partial charge in [-0.05, 0) is 30.4 Å². The average molecular weight is 303 g/mol. The summed E-state index contributed by atoms with van der Waals surface area (Å²) in [7, 11) is 0. The summed E-state index contributed by atoms with van der Waals surface area (Å²) in [5, 5.41) is 0. The van der Waals surface area contributed by atoms with E-state index in [-0.39, 0.29) is 12.0 Å². The molecule has 2 N–H and O–H groups in total. The lowest BCUT2D eigenvalue weighted by Gasteiger charge is -2.33. The predicted molar refractivity (Wildman–Crippen MR) is 79.9 cm³/mol. The lowest BCUT2D eigenvalue weighted by Crippen LogP contribution is -2.45. The van der Waals surface area contributed by atoms with Gasteiger partial charge in [0.15, 0.2) is 0 Å². The fourth-order valence-corrected chi connectivity index (χ4v) is 3.64. The highest BCUT2D eigenvalue weighted by atomic mass is 16.5. The number of piperidine rings is 1. The summed E-state index contributed by atoms with van der Waals surface area (Å²) in [6.07, 6.45) is 3.60. The van der Waals surface area contributed by atoms with Crippen LogP contribution in [0.5, 0.6) is 0 Å². The molecule has 1 amide bonds. The van der Waals surface area contributed by atoms with E-state index in [9.17, 15) is 4.79 Å². The van der Waals surface area contributed by atoms with Gasteiger partial charge in [0.05, 0.1) is 25.5 Å². The number of nitrogens with zero attached hydrogens (tertiary/aromatic N) is 2. The van der Waals surface area contributed by atoms with E-state index in [2.05, 4.69) is 4.98 Å². The summed E-state index contributed by atoms with van der Waals surface area (Å²) in [6.45, 7) is 3.15. The molecule has 3 aliphatic rings. The molecular weight excluding hydrogens is 282 g/mol. The van der Waals surface area contributed by atoms with Crippen molar-refractivity contribution in [1.29, 1.82) is 0 Å². The van der Waals surface area contributed by atoms with Crippen molar-refractivity contribution in [1.82, 2.24) is 9.88 Å². The van der Waals surface area contributed by atoms with E-state index in [1.807, 2.05) is 4.90 Å². The summed E-state index contributed by atoms with van der Waals surface area (Å²) in [5.74, 6) is 0.658. The molecule has 4 rings (SSSR count). The molecule has 1 unspecified atom stereocenters. The van der Waals surface area contributed by atoms with Crippen molar-refractivity contribution < 1.29 is 14.3 Å². The number of rotatable bonds is 1. The maximum Gasteiger partial charge on any atom is 0.252 e. The smallest absolute Gasteiger partial charge is 0.252 e. The molecule has 1 aromatic heterocycles. The quantitative estimate of drug-likeness (QED) is 0.842. The molecule has 4 heterocycles. The number of hydrogen-bond acceptors (Lipinski definition) is 5. The van der Waals surface area contributed by atoms with Gasteiger partial charge < -0.3 is 20.1 Å². The van der Waals surface area contributed by atoms with Crippen LogP contribution in [0.15, 0.2) is 0 Å². The number of nitrogens with two attached hydrogens (primary N) is 1. The third-order valence-corrected chi connectivity index (χ3v) is 4.89. The second kappa shape index (κ2) is 5.52. The van der Waals surface area contributed by atoms with Gasteiger partial charge in [0, 0.05) is 25.1 Å². The standard InChI is InChI=1S/C16H21N3O3/c17-15-12-8-21-7-11(12)10-6-14(22-9-13(10)18-15)16(20)19-4-2-1-3-5-19/h14H,1-9H2,(H2,17,18). The number of carbonyl (C=O) groups excluding carboxylic acids is 1. The van der Waals surface area contributed by atoms with E-state index in [0.29, 0.717) is 32.1 Å². The number of nitrogen functional groups attached to an aromatic ring is 1. The van der Waals surface area contributed by atoms with Crippen molar-refractivity contribution >= 4 is 11.7 Å². The molecule has 1 fully saturated rings. The Balaban J connectivity index is 1.59. The third kappa shape index (κ3) is 2.27. The minimum Gasteiger partial charge on any atom is -0.383 e. The maximum absolute atomic E-state index is 12.7. The highest BCUT2D eigenvalue weighted by Gasteiger charge is 2.34. The molecule has 0 spiro atoms. The first-order chi connectivity index (χ1) is 10.7. The Kier molecular flexibility index (Phi) is 3.50. The second-order valence-electron chi connectivity index (χ2n) is 6.26. The monoisotopic (exact) mass is 303 g/mol. The van der Waals surface area contributed by atoms with Gasteiger partial charge in [-0.2, -0.15) is 0 Å². The van der Waals surface area contributed by atoms with Gasteiger partial charge in [-0.15, -0.1) is 0 Å². The summed E-state index contributed by atoms with van der Waals surface area (Å²) < 4.78 is 11.3. The molecule has 0 saturated carbocycles. The van der Waals surface area contributed by atoms with Gasteiger partial charge in [-0.1, -0.05) is 0 Å². The molecule has 3 aliphatic heterocycles. The fraction of sp³-hybridized carbons (Fsp3) is 0.625. The van der Waals surface area contributed by atoms with Crippen molar-refractivity contribution in [3.05, 3.63) is 22.4 Å². The summed E-state index contributed by atoms with van der Waals surface area (Å²) in [6, 6.07) is 0. The Morgan fingerprint density at radius 1 is 1.09 bits per heavy atom. The zero-order valence-electron chi connectivity index (χ0n) is 12.6. The first-order valence-corrected chi connectivity index (χ1v) is 8.01. The molecule has 0 aliphatic carbocycles. The van der Waals surface area contributed by atoms with Crippen LogP contribution in [-0.2, 0) is 40.5 Å². The van der Waals surface area contributed by atoms with Crippen LogP contribution < -0.4 is 5.73 Å². The van der Waals surface area contributed by atoms with Crippen molar-refractivity contribution in [2.75, 3.05) is 18.8 Å². The highest BCUT2D eigenvalue weighted by molar-refractivity contribution is 5.81. The summed E-state index contributed by atoms with van der Waals surface area (Å²) in [5.41, 5.74) is 10.1. The first kappa shape index (κ1) is 14.0. The van der Waals surface area contributed by atoms with Crippen LogP contribution in [0.2, 0.25) is 0 Å². The predicted octanol–water partition coefficient (Wildman–Crippen LogP) is 1.15. The van der Waals surface area contributed by atoms with Gasteiger partial charge in [0.1, 0.15) is 11.9 Å².